The summed E-state index contributed by atoms with van der Waals surface area (Å²) in [6, 6.07) is 3.46. The van der Waals surface area contributed by atoms with Crippen molar-refractivity contribution in [3.05, 3.63) is 33.8 Å². The molecule has 0 heterocycles. The van der Waals surface area contributed by atoms with E-state index in [4.69, 9.17) is 0 Å². The Kier molecular flexibility index (Phi) is 5.40. The molecule has 1 aromatic rings. The Morgan fingerprint density at radius 2 is 2.05 bits per heavy atom. The molecule has 1 amide bonds. The van der Waals surface area contributed by atoms with Gasteiger partial charge in [0.1, 0.15) is 0 Å². The molecule has 0 saturated carbocycles. The highest BCUT2D eigenvalue weighted by Gasteiger charge is 2.33. The van der Waals surface area contributed by atoms with Crippen molar-refractivity contribution in [1.29, 1.82) is 0 Å². The Bertz CT molecular complexity index is 460. The van der Waals surface area contributed by atoms with Crippen molar-refractivity contribution in [2.75, 3.05) is 6.54 Å². The quantitative estimate of drug-likeness (QED) is 0.874. The molecule has 1 atom stereocenters. The zero-order valence-electron chi connectivity index (χ0n) is 10.6. The van der Waals surface area contributed by atoms with Gasteiger partial charge in [-0.15, -0.1) is 0 Å². The molecule has 6 heteroatoms. The molecule has 1 rings (SSSR count). The fourth-order valence-corrected chi connectivity index (χ4v) is 1.87. The minimum atomic E-state index is -4.48. The topological polar surface area (TPSA) is 29.1 Å². The Labute approximate surface area is 118 Å². The molecule has 0 aliphatic heterocycles. The lowest BCUT2D eigenvalue weighted by Crippen LogP contribution is -2.28. The Morgan fingerprint density at radius 3 is 2.58 bits per heavy atom. The van der Waals surface area contributed by atoms with E-state index in [9.17, 15) is 18.0 Å². The van der Waals surface area contributed by atoms with Gasteiger partial charge in [-0.05, 0) is 24.1 Å². The van der Waals surface area contributed by atoms with Crippen LogP contribution in [0.5, 0.6) is 0 Å². The molecule has 0 aliphatic rings. The summed E-state index contributed by atoms with van der Waals surface area (Å²) in [6.45, 7) is 4.40. The summed E-state index contributed by atoms with van der Waals surface area (Å²) in [7, 11) is 0. The number of hydrogen-bond donors (Lipinski definition) is 1. The first-order chi connectivity index (χ1) is 8.75. The first-order valence-corrected chi connectivity index (χ1v) is 6.70. The number of carbonyl (C=O) groups excluding carboxylic acids is 1. The lowest BCUT2D eigenvalue weighted by molar-refractivity contribution is -0.138. The molecule has 0 aromatic heterocycles. The van der Waals surface area contributed by atoms with Gasteiger partial charge in [0, 0.05) is 16.6 Å². The van der Waals surface area contributed by atoms with E-state index in [-0.39, 0.29) is 10.0 Å². The Morgan fingerprint density at radius 1 is 1.42 bits per heavy atom. The van der Waals surface area contributed by atoms with Gasteiger partial charge in [0.15, 0.2) is 0 Å². The highest BCUT2D eigenvalue weighted by molar-refractivity contribution is 9.10. The number of carbonyl (C=O) groups is 1. The molecule has 0 fully saturated rings. The smallest absolute Gasteiger partial charge is 0.352 e. The van der Waals surface area contributed by atoms with Gasteiger partial charge in [0.2, 0.25) is 0 Å². The van der Waals surface area contributed by atoms with Crippen molar-refractivity contribution in [1.82, 2.24) is 5.32 Å². The van der Waals surface area contributed by atoms with E-state index in [1.165, 1.54) is 12.1 Å². The second-order valence-corrected chi connectivity index (χ2v) is 5.27. The summed E-state index contributed by atoms with van der Waals surface area (Å²) < 4.78 is 38.0. The molecular weight excluding hydrogens is 323 g/mol. The van der Waals surface area contributed by atoms with Crippen LogP contribution in [0.4, 0.5) is 13.2 Å². The van der Waals surface area contributed by atoms with E-state index in [1.807, 2.05) is 13.8 Å². The molecule has 19 heavy (non-hydrogen) atoms. The van der Waals surface area contributed by atoms with Crippen LogP contribution in [-0.4, -0.2) is 12.5 Å². The van der Waals surface area contributed by atoms with E-state index in [1.54, 1.807) is 0 Å². The Balaban J connectivity index is 2.87. The van der Waals surface area contributed by atoms with Gasteiger partial charge in [-0.25, -0.2) is 0 Å². The molecule has 0 saturated heterocycles. The lowest BCUT2D eigenvalue weighted by Gasteiger charge is -2.13. The van der Waals surface area contributed by atoms with Crippen molar-refractivity contribution >= 4 is 21.8 Å². The molecule has 1 aromatic carbocycles. The van der Waals surface area contributed by atoms with Crippen LogP contribution >= 0.6 is 15.9 Å². The summed E-state index contributed by atoms with van der Waals surface area (Å²) in [6.07, 6.45) is -3.58. The minimum Gasteiger partial charge on any atom is -0.352 e. The summed E-state index contributed by atoms with van der Waals surface area (Å²) in [4.78, 5) is 11.8. The fourth-order valence-electron chi connectivity index (χ4n) is 1.40. The van der Waals surface area contributed by atoms with Crippen molar-refractivity contribution in [2.24, 2.45) is 5.92 Å². The summed E-state index contributed by atoms with van der Waals surface area (Å²) in [5.74, 6) is -0.195. The molecular formula is C13H15BrF3NO. The summed E-state index contributed by atoms with van der Waals surface area (Å²) >= 11 is 2.84. The highest BCUT2D eigenvalue weighted by atomic mass is 79.9. The monoisotopic (exact) mass is 337 g/mol. The number of nitrogens with one attached hydrogen (secondary N) is 1. The van der Waals surface area contributed by atoms with Gasteiger partial charge in [0.25, 0.3) is 5.91 Å². The molecule has 0 bridgehead atoms. The zero-order chi connectivity index (χ0) is 14.6. The predicted octanol–water partition coefficient (Wildman–Crippen LogP) is 4.24. The van der Waals surface area contributed by atoms with Crippen molar-refractivity contribution < 1.29 is 18.0 Å². The second kappa shape index (κ2) is 6.41. The maximum Gasteiger partial charge on any atom is 0.417 e. The van der Waals surface area contributed by atoms with Gasteiger partial charge in [-0.2, -0.15) is 13.2 Å². The largest absolute Gasteiger partial charge is 0.417 e. The van der Waals surface area contributed by atoms with Gasteiger partial charge in [0.05, 0.1) is 5.56 Å². The van der Waals surface area contributed by atoms with Crippen LogP contribution in [0.25, 0.3) is 0 Å². The summed E-state index contributed by atoms with van der Waals surface area (Å²) in [5, 5.41) is 2.63. The van der Waals surface area contributed by atoms with E-state index in [0.717, 1.165) is 12.5 Å². The van der Waals surface area contributed by atoms with Gasteiger partial charge < -0.3 is 5.32 Å². The molecule has 0 aliphatic carbocycles. The molecule has 1 N–H and O–H groups in total. The average Bonchev–Trinajstić information content (AvgIpc) is 2.34. The first kappa shape index (κ1) is 16.0. The van der Waals surface area contributed by atoms with E-state index in [2.05, 4.69) is 21.2 Å². The number of alkyl halides is 3. The molecule has 106 valence electrons. The van der Waals surface area contributed by atoms with Gasteiger partial charge in [-0.3, -0.25) is 4.79 Å². The maximum atomic E-state index is 12.7. The third-order valence-electron chi connectivity index (χ3n) is 2.84. The highest BCUT2D eigenvalue weighted by Crippen LogP contribution is 2.35. The van der Waals surface area contributed by atoms with Crippen LogP contribution in [0.2, 0.25) is 0 Å². The van der Waals surface area contributed by atoms with E-state index < -0.39 is 17.6 Å². The second-order valence-electron chi connectivity index (χ2n) is 4.42. The van der Waals surface area contributed by atoms with Crippen molar-refractivity contribution in [2.45, 2.75) is 26.4 Å². The lowest BCUT2D eigenvalue weighted by atomic mass is 10.1. The zero-order valence-corrected chi connectivity index (χ0v) is 12.2. The number of amides is 1. The average molecular weight is 338 g/mol. The van der Waals surface area contributed by atoms with Crippen LogP contribution < -0.4 is 5.32 Å². The van der Waals surface area contributed by atoms with Gasteiger partial charge in [-0.1, -0.05) is 36.2 Å². The number of benzene rings is 1. The first-order valence-electron chi connectivity index (χ1n) is 5.90. The van der Waals surface area contributed by atoms with E-state index in [0.29, 0.717) is 12.5 Å². The van der Waals surface area contributed by atoms with Gasteiger partial charge >= 0.3 is 6.18 Å². The van der Waals surface area contributed by atoms with Crippen LogP contribution in [-0.2, 0) is 6.18 Å². The third kappa shape index (κ3) is 4.53. The maximum absolute atomic E-state index is 12.7. The SMILES string of the molecule is CCC(C)CNC(=O)c1ccc(Br)c(C(F)(F)F)c1. The standard InChI is InChI=1S/C13H15BrF3NO/c1-3-8(2)7-18-12(19)9-4-5-11(14)10(6-9)13(15,16)17/h4-6,8H,3,7H2,1-2H3,(H,18,19). The van der Waals surface area contributed by atoms with Crippen LogP contribution in [0.1, 0.15) is 36.2 Å². The predicted molar refractivity (Wildman–Crippen MR) is 70.9 cm³/mol. The van der Waals surface area contributed by atoms with E-state index >= 15 is 0 Å². The van der Waals surface area contributed by atoms with Crippen LogP contribution in [0.15, 0.2) is 22.7 Å². The number of rotatable bonds is 4. The Hall–Kier alpha value is -1.04. The molecule has 1 unspecified atom stereocenters. The molecule has 2 nitrogen and oxygen atoms in total. The van der Waals surface area contributed by atoms with Crippen molar-refractivity contribution in [3.63, 3.8) is 0 Å². The number of hydrogen-bond acceptors (Lipinski definition) is 1. The van der Waals surface area contributed by atoms with Crippen molar-refractivity contribution in [3.8, 4) is 0 Å². The fraction of sp³-hybridized carbons (Fsp3) is 0.462. The van der Waals surface area contributed by atoms with Crippen LogP contribution in [0, 0.1) is 5.92 Å². The normalized spacial score (nSPS) is 13.2. The third-order valence-corrected chi connectivity index (χ3v) is 3.53. The number of halogens is 4. The molecule has 0 spiro atoms. The minimum absolute atomic E-state index is 0.0128. The molecule has 0 radical (unpaired) electrons. The van der Waals surface area contributed by atoms with Crippen LogP contribution in [0.3, 0.4) is 0 Å². The summed E-state index contributed by atoms with van der Waals surface area (Å²) in [5.41, 5.74) is -0.831.